The highest BCUT2D eigenvalue weighted by atomic mass is 32.2. The Labute approximate surface area is 115 Å². The SMILES string of the molecule is CCNC(CSCC1(CC(=O)OC)CC1)C(C)C. The predicted molar refractivity (Wildman–Crippen MR) is 77.9 cm³/mol. The Hall–Kier alpha value is -0.220. The maximum atomic E-state index is 11.3. The van der Waals surface area contributed by atoms with Gasteiger partial charge in [0.2, 0.25) is 0 Å². The van der Waals surface area contributed by atoms with Crippen molar-refractivity contribution in [3.63, 3.8) is 0 Å². The lowest BCUT2D eigenvalue weighted by molar-refractivity contribution is -0.141. The number of carbonyl (C=O) groups is 1. The van der Waals surface area contributed by atoms with Crippen molar-refractivity contribution in [1.82, 2.24) is 5.32 Å². The molecule has 0 radical (unpaired) electrons. The van der Waals surface area contributed by atoms with Gasteiger partial charge in [-0.2, -0.15) is 11.8 Å². The number of esters is 1. The van der Waals surface area contributed by atoms with E-state index in [2.05, 4.69) is 26.1 Å². The molecule has 1 aliphatic rings. The average Bonchev–Trinajstić information content (AvgIpc) is 3.07. The van der Waals surface area contributed by atoms with Gasteiger partial charge >= 0.3 is 5.97 Å². The Kier molecular flexibility index (Phi) is 6.50. The predicted octanol–water partition coefficient (Wildman–Crippen LogP) is 2.70. The van der Waals surface area contributed by atoms with Crippen molar-refractivity contribution in [2.75, 3.05) is 25.2 Å². The molecular formula is C14H27NO2S. The van der Waals surface area contributed by atoms with Gasteiger partial charge in [-0.1, -0.05) is 20.8 Å². The molecule has 3 nitrogen and oxygen atoms in total. The first-order chi connectivity index (χ1) is 8.53. The van der Waals surface area contributed by atoms with Crippen molar-refractivity contribution in [3.8, 4) is 0 Å². The molecule has 1 N–H and O–H groups in total. The molecule has 18 heavy (non-hydrogen) atoms. The number of thioether (sulfide) groups is 1. The monoisotopic (exact) mass is 273 g/mol. The Morgan fingerprint density at radius 1 is 1.44 bits per heavy atom. The van der Waals surface area contributed by atoms with E-state index in [4.69, 9.17) is 4.74 Å². The minimum atomic E-state index is -0.0554. The van der Waals surface area contributed by atoms with Crippen LogP contribution in [0.5, 0.6) is 0 Å². The molecule has 1 aliphatic carbocycles. The molecule has 0 aromatic carbocycles. The Morgan fingerprint density at radius 3 is 2.56 bits per heavy atom. The molecule has 1 atom stereocenters. The molecule has 0 heterocycles. The van der Waals surface area contributed by atoms with Gasteiger partial charge in [-0.3, -0.25) is 4.79 Å². The van der Waals surface area contributed by atoms with Gasteiger partial charge in [0, 0.05) is 11.8 Å². The van der Waals surface area contributed by atoms with E-state index in [1.165, 1.54) is 20.0 Å². The van der Waals surface area contributed by atoms with Gasteiger partial charge in [-0.25, -0.2) is 0 Å². The first-order valence-electron chi connectivity index (χ1n) is 6.91. The number of methoxy groups -OCH3 is 1. The summed E-state index contributed by atoms with van der Waals surface area (Å²) in [5.41, 5.74) is 0.255. The third-order valence-electron chi connectivity index (χ3n) is 3.68. The molecule has 1 rings (SSSR count). The Morgan fingerprint density at radius 2 is 2.11 bits per heavy atom. The van der Waals surface area contributed by atoms with E-state index in [-0.39, 0.29) is 11.4 Å². The quantitative estimate of drug-likeness (QED) is 0.656. The minimum Gasteiger partial charge on any atom is -0.469 e. The van der Waals surface area contributed by atoms with Crippen LogP contribution in [0.3, 0.4) is 0 Å². The standard InChI is InChI=1S/C14H27NO2S/c1-5-15-12(11(2)3)9-18-10-14(6-7-14)8-13(16)17-4/h11-12,15H,5-10H2,1-4H3. The summed E-state index contributed by atoms with van der Waals surface area (Å²) < 4.78 is 4.77. The van der Waals surface area contributed by atoms with Crippen molar-refractivity contribution in [2.24, 2.45) is 11.3 Å². The van der Waals surface area contributed by atoms with Crippen LogP contribution >= 0.6 is 11.8 Å². The second kappa shape index (κ2) is 7.39. The maximum absolute atomic E-state index is 11.3. The molecule has 0 aromatic rings. The summed E-state index contributed by atoms with van der Waals surface area (Å²) in [5, 5.41) is 3.53. The second-order valence-corrected chi connectivity index (χ2v) is 6.71. The zero-order valence-electron chi connectivity index (χ0n) is 12.1. The van der Waals surface area contributed by atoms with E-state index < -0.39 is 0 Å². The summed E-state index contributed by atoms with van der Waals surface area (Å²) in [5.74, 6) is 2.83. The lowest BCUT2D eigenvalue weighted by Crippen LogP contribution is -2.36. The van der Waals surface area contributed by atoms with Crippen molar-refractivity contribution in [1.29, 1.82) is 0 Å². The first-order valence-corrected chi connectivity index (χ1v) is 8.06. The molecule has 0 amide bonds. The highest BCUT2D eigenvalue weighted by Gasteiger charge is 2.44. The highest BCUT2D eigenvalue weighted by Crippen LogP contribution is 2.51. The van der Waals surface area contributed by atoms with E-state index in [0.29, 0.717) is 18.4 Å². The van der Waals surface area contributed by atoms with Crippen LogP contribution in [0.2, 0.25) is 0 Å². The fraction of sp³-hybridized carbons (Fsp3) is 0.929. The zero-order chi connectivity index (χ0) is 13.6. The van der Waals surface area contributed by atoms with Gasteiger partial charge in [0.15, 0.2) is 0 Å². The van der Waals surface area contributed by atoms with Gasteiger partial charge in [-0.05, 0) is 36.5 Å². The topological polar surface area (TPSA) is 38.3 Å². The third-order valence-corrected chi connectivity index (χ3v) is 5.09. The van der Waals surface area contributed by atoms with Gasteiger partial charge in [0.1, 0.15) is 0 Å². The highest BCUT2D eigenvalue weighted by molar-refractivity contribution is 7.99. The maximum Gasteiger partial charge on any atom is 0.306 e. The molecule has 0 aromatic heterocycles. The summed E-state index contributed by atoms with van der Waals surface area (Å²) in [7, 11) is 1.48. The molecule has 0 bridgehead atoms. The summed E-state index contributed by atoms with van der Waals surface area (Å²) >= 11 is 1.98. The number of hydrogen-bond acceptors (Lipinski definition) is 4. The van der Waals surface area contributed by atoms with E-state index >= 15 is 0 Å². The number of rotatable bonds is 9. The summed E-state index contributed by atoms with van der Waals surface area (Å²) in [4.78, 5) is 11.3. The number of carbonyl (C=O) groups excluding carboxylic acids is 1. The van der Waals surface area contributed by atoms with Gasteiger partial charge < -0.3 is 10.1 Å². The zero-order valence-corrected chi connectivity index (χ0v) is 12.9. The summed E-state index contributed by atoms with van der Waals surface area (Å²) in [6.07, 6.45) is 2.97. The van der Waals surface area contributed by atoms with E-state index in [1.807, 2.05) is 11.8 Å². The van der Waals surface area contributed by atoms with Gasteiger partial charge in [-0.15, -0.1) is 0 Å². The number of hydrogen-bond donors (Lipinski definition) is 1. The number of nitrogens with one attached hydrogen (secondary N) is 1. The van der Waals surface area contributed by atoms with E-state index in [1.54, 1.807) is 0 Å². The Bertz CT molecular complexity index is 265. The average molecular weight is 273 g/mol. The van der Waals surface area contributed by atoms with Gasteiger partial charge in [0.25, 0.3) is 0 Å². The van der Waals surface area contributed by atoms with Crippen molar-refractivity contribution >= 4 is 17.7 Å². The van der Waals surface area contributed by atoms with Crippen LogP contribution in [0.1, 0.15) is 40.0 Å². The van der Waals surface area contributed by atoms with Crippen LogP contribution in [-0.4, -0.2) is 37.2 Å². The van der Waals surface area contributed by atoms with Crippen LogP contribution in [0.15, 0.2) is 0 Å². The summed E-state index contributed by atoms with van der Waals surface area (Å²) in [6, 6.07) is 0.578. The van der Waals surface area contributed by atoms with Crippen LogP contribution in [0.4, 0.5) is 0 Å². The first kappa shape index (κ1) is 15.8. The fourth-order valence-corrected chi connectivity index (χ4v) is 3.78. The molecule has 1 saturated carbocycles. The molecule has 4 heteroatoms. The second-order valence-electron chi connectivity index (χ2n) is 5.68. The van der Waals surface area contributed by atoms with Crippen LogP contribution in [0, 0.1) is 11.3 Å². The van der Waals surface area contributed by atoms with Crippen LogP contribution < -0.4 is 5.32 Å². The molecule has 0 spiro atoms. The molecule has 106 valence electrons. The lowest BCUT2D eigenvalue weighted by Gasteiger charge is -2.22. The third kappa shape index (κ3) is 5.19. The minimum absolute atomic E-state index is 0.0554. The van der Waals surface area contributed by atoms with Crippen molar-refractivity contribution in [2.45, 2.75) is 46.1 Å². The van der Waals surface area contributed by atoms with Crippen molar-refractivity contribution < 1.29 is 9.53 Å². The lowest BCUT2D eigenvalue weighted by atomic mass is 10.1. The molecule has 0 saturated heterocycles. The van der Waals surface area contributed by atoms with Crippen LogP contribution in [-0.2, 0) is 9.53 Å². The van der Waals surface area contributed by atoms with Crippen molar-refractivity contribution in [3.05, 3.63) is 0 Å². The molecule has 1 unspecified atom stereocenters. The molecule has 1 fully saturated rings. The fourth-order valence-electron chi connectivity index (χ4n) is 2.08. The summed E-state index contributed by atoms with van der Waals surface area (Å²) in [6.45, 7) is 7.70. The smallest absolute Gasteiger partial charge is 0.306 e. The number of ether oxygens (including phenoxy) is 1. The molecule has 0 aliphatic heterocycles. The van der Waals surface area contributed by atoms with Gasteiger partial charge in [0.05, 0.1) is 13.5 Å². The Balaban J connectivity index is 2.26. The van der Waals surface area contributed by atoms with Crippen LogP contribution in [0.25, 0.3) is 0 Å². The van der Waals surface area contributed by atoms with E-state index in [0.717, 1.165) is 18.1 Å². The van der Waals surface area contributed by atoms with E-state index in [9.17, 15) is 4.79 Å². The normalized spacial score (nSPS) is 18.7. The largest absolute Gasteiger partial charge is 0.469 e. The molecular weight excluding hydrogens is 246 g/mol.